The van der Waals surface area contributed by atoms with Crippen LogP contribution in [0.15, 0.2) is 67.0 Å². The number of nitrogens with zero attached hydrogens (tertiary/aromatic N) is 2. The van der Waals surface area contributed by atoms with Gasteiger partial charge in [-0.3, -0.25) is 0 Å². The number of hydrogen-bond acceptors (Lipinski definition) is 3. The van der Waals surface area contributed by atoms with Gasteiger partial charge in [0.05, 0.1) is 12.1 Å². The molecule has 2 amide bonds. The smallest absolute Gasteiger partial charge is 0.316 e. The lowest BCUT2D eigenvalue weighted by atomic mass is 10.1. The molecular weight excluding hydrogens is 340 g/mol. The summed E-state index contributed by atoms with van der Waals surface area (Å²) in [6.45, 7) is 0. The molecule has 3 N–H and O–H groups in total. The van der Waals surface area contributed by atoms with E-state index in [0.29, 0.717) is 6.42 Å². The van der Waals surface area contributed by atoms with E-state index in [2.05, 4.69) is 15.6 Å². The first kappa shape index (κ1) is 17.3. The first-order valence-electron chi connectivity index (χ1n) is 8.98. The van der Waals surface area contributed by atoms with Crippen LogP contribution >= 0.6 is 0 Å². The molecule has 0 bridgehead atoms. The number of aliphatic hydroxyl groups is 1. The van der Waals surface area contributed by atoms with Crippen molar-refractivity contribution in [2.24, 2.45) is 7.05 Å². The number of benzene rings is 2. The van der Waals surface area contributed by atoms with E-state index in [0.717, 1.165) is 22.5 Å². The highest BCUT2D eigenvalue weighted by Gasteiger charge is 2.32. The number of nitrogens with one attached hydrogen (secondary N) is 2. The summed E-state index contributed by atoms with van der Waals surface area (Å²) in [5, 5.41) is 16.3. The SMILES string of the molecule is Cn1ccnc1C(NC(=O)N[C@@H]1c2ccccc2C[C@@H]1O)c1ccccc1. The summed E-state index contributed by atoms with van der Waals surface area (Å²) in [5.41, 5.74) is 2.97. The van der Waals surface area contributed by atoms with Gasteiger partial charge < -0.3 is 20.3 Å². The van der Waals surface area contributed by atoms with Crippen LogP contribution in [0.2, 0.25) is 0 Å². The summed E-state index contributed by atoms with van der Waals surface area (Å²) >= 11 is 0. The van der Waals surface area contributed by atoms with Crippen molar-refractivity contribution in [3.05, 3.63) is 89.5 Å². The number of imidazole rings is 1. The number of aliphatic hydroxyl groups excluding tert-OH is 1. The third-order valence-electron chi connectivity index (χ3n) is 5.02. The predicted octanol–water partition coefficient (Wildman–Crippen LogP) is 2.47. The Bertz CT molecular complexity index is 938. The Kier molecular flexibility index (Phi) is 4.64. The summed E-state index contributed by atoms with van der Waals surface area (Å²) < 4.78 is 1.89. The Labute approximate surface area is 157 Å². The van der Waals surface area contributed by atoms with Gasteiger partial charge in [-0.05, 0) is 16.7 Å². The highest BCUT2D eigenvalue weighted by Crippen LogP contribution is 2.31. The van der Waals surface area contributed by atoms with Gasteiger partial charge in [0.1, 0.15) is 11.9 Å². The fourth-order valence-electron chi connectivity index (χ4n) is 3.66. The fourth-order valence-corrected chi connectivity index (χ4v) is 3.66. The molecule has 6 nitrogen and oxygen atoms in total. The topological polar surface area (TPSA) is 79.2 Å². The minimum absolute atomic E-state index is 0.340. The average Bonchev–Trinajstić information content (AvgIpc) is 3.24. The zero-order valence-electron chi connectivity index (χ0n) is 15.0. The van der Waals surface area contributed by atoms with Gasteiger partial charge in [0, 0.05) is 25.9 Å². The maximum atomic E-state index is 12.8. The van der Waals surface area contributed by atoms with Gasteiger partial charge in [-0.2, -0.15) is 0 Å². The van der Waals surface area contributed by atoms with Gasteiger partial charge in [0.15, 0.2) is 0 Å². The molecule has 0 aliphatic heterocycles. The third kappa shape index (κ3) is 3.44. The van der Waals surface area contributed by atoms with Crippen LogP contribution in [0, 0.1) is 0 Å². The highest BCUT2D eigenvalue weighted by molar-refractivity contribution is 5.75. The fraction of sp³-hybridized carbons (Fsp3) is 0.238. The predicted molar refractivity (Wildman–Crippen MR) is 102 cm³/mol. The number of carbonyl (C=O) groups is 1. The van der Waals surface area contributed by atoms with E-state index >= 15 is 0 Å². The molecule has 6 heteroatoms. The van der Waals surface area contributed by atoms with Crippen LogP contribution in [0.3, 0.4) is 0 Å². The number of aromatic nitrogens is 2. The number of rotatable bonds is 4. The van der Waals surface area contributed by atoms with E-state index in [9.17, 15) is 9.90 Å². The van der Waals surface area contributed by atoms with Gasteiger partial charge >= 0.3 is 6.03 Å². The first-order chi connectivity index (χ1) is 13.1. The Morgan fingerprint density at radius 2 is 1.93 bits per heavy atom. The molecule has 27 heavy (non-hydrogen) atoms. The molecule has 0 saturated heterocycles. The number of amides is 2. The molecule has 1 aliphatic rings. The van der Waals surface area contributed by atoms with Crippen molar-refractivity contribution in [2.75, 3.05) is 0 Å². The quantitative estimate of drug-likeness (QED) is 0.667. The van der Waals surface area contributed by atoms with Crippen LogP contribution in [-0.2, 0) is 13.5 Å². The lowest BCUT2D eigenvalue weighted by molar-refractivity contribution is 0.142. The minimum atomic E-state index is -0.628. The Hall–Kier alpha value is -3.12. The number of urea groups is 1. The van der Waals surface area contributed by atoms with Crippen LogP contribution < -0.4 is 10.6 Å². The van der Waals surface area contributed by atoms with Crippen LogP contribution in [0.5, 0.6) is 0 Å². The van der Waals surface area contributed by atoms with E-state index in [-0.39, 0.29) is 12.1 Å². The molecule has 2 aromatic carbocycles. The second-order valence-electron chi connectivity index (χ2n) is 6.81. The van der Waals surface area contributed by atoms with Crippen LogP contribution in [0.25, 0.3) is 0 Å². The van der Waals surface area contributed by atoms with Crippen molar-refractivity contribution in [1.29, 1.82) is 0 Å². The minimum Gasteiger partial charge on any atom is -0.390 e. The molecule has 1 aromatic heterocycles. The number of carbonyl (C=O) groups excluding carboxylic acids is 1. The molecule has 0 saturated carbocycles. The maximum absolute atomic E-state index is 12.8. The molecule has 0 radical (unpaired) electrons. The van der Waals surface area contributed by atoms with Crippen LogP contribution in [0.4, 0.5) is 4.79 Å². The Morgan fingerprint density at radius 1 is 1.19 bits per heavy atom. The van der Waals surface area contributed by atoms with Gasteiger partial charge in [0.2, 0.25) is 0 Å². The van der Waals surface area contributed by atoms with Gasteiger partial charge in [-0.1, -0.05) is 54.6 Å². The van der Waals surface area contributed by atoms with Gasteiger partial charge in [-0.25, -0.2) is 9.78 Å². The molecule has 4 rings (SSSR count). The summed E-state index contributed by atoms with van der Waals surface area (Å²) in [6, 6.07) is 16.4. The summed E-state index contributed by atoms with van der Waals surface area (Å²) in [4.78, 5) is 17.2. The van der Waals surface area contributed by atoms with Gasteiger partial charge in [-0.15, -0.1) is 0 Å². The summed E-state index contributed by atoms with van der Waals surface area (Å²) in [7, 11) is 1.90. The number of aryl methyl sites for hydroxylation is 1. The second-order valence-corrected chi connectivity index (χ2v) is 6.81. The van der Waals surface area contributed by atoms with Crippen molar-refractivity contribution < 1.29 is 9.90 Å². The molecule has 1 aliphatic carbocycles. The molecule has 1 unspecified atom stereocenters. The highest BCUT2D eigenvalue weighted by atomic mass is 16.3. The molecule has 138 valence electrons. The van der Waals surface area contributed by atoms with Gasteiger partial charge in [0.25, 0.3) is 0 Å². The molecule has 0 spiro atoms. The van der Waals surface area contributed by atoms with Crippen LogP contribution in [0.1, 0.15) is 34.6 Å². The number of hydrogen-bond donors (Lipinski definition) is 3. The first-order valence-corrected chi connectivity index (χ1v) is 8.98. The maximum Gasteiger partial charge on any atom is 0.316 e. The van der Waals surface area contributed by atoms with Crippen molar-refractivity contribution in [1.82, 2.24) is 20.2 Å². The zero-order valence-corrected chi connectivity index (χ0v) is 15.0. The largest absolute Gasteiger partial charge is 0.390 e. The zero-order chi connectivity index (χ0) is 18.8. The molecule has 1 heterocycles. The second kappa shape index (κ2) is 7.25. The normalized spacial score (nSPS) is 19.3. The standard InChI is InChI=1S/C21H22N4O2/c1-25-12-11-22-20(25)18(14-7-3-2-4-8-14)23-21(27)24-19-16-10-6-5-9-15(16)13-17(19)26/h2-12,17-19,26H,13H2,1H3,(H2,23,24,27)/t17-,18?,19+/m0/s1. The average molecular weight is 362 g/mol. The lowest BCUT2D eigenvalue weighted by Crippen LogP contribution is -2.43. The lowest BCUT2D eigenvalue weighted by Gasteiger charge is -2.23. The third-order valence-corrected chi connectivity index (χ3v) is 5.02. The van der Waals surface area contributed by atoms with E-state index in [1.54, 1.807) is 6.20 Å². The van der Waals surface area contributed by atoms with E-state index in [4.69, 9.17) is 0 Å². The monoisotopic (exact) mass is 362 g/mol. The van der Waals surface area contributed by atoms with Crippen molar-refractivity contribution >= 4 is 6.03 Å². The molecule has 0 fully saturated rings. The number of fused-ring (bicyclic) bond motifs is 1. The molecular formula is C21H22N4O2. The van der Waals surface area contributed by atoms with E-state index in [1.807, 2.05) is 72.4 Å². The van der Waals surface area contributed by atoms with Crippen molar-refractivity contribution in [3.8, 4) is 0 Å². The Balaban J connectivity index is 1.55. The summed E-state index contributed by atoms with van der Waals surface area (Å²) in [5.74, 6) is 0.740. The van der Waals surface area contributed by atoms with E-state index < -0.39 is 12.1 Å². The van der Waals surface area contributed by atoms with Crippen molar-refractivity contribution in [3.63, 3.8) is 0 Å². The van der Waals surface area contributed by atoms with Crippen LogP contribution in [-0.4, -0.2) is 26.8 Å². The molecule has 3 aromatic rings. The molecule has 3 atom stereocenters. The Morgan fingerprint density at radius 3 is 2.67 bits per heavy atom. The van der Waals surface area contributed by atoms with Crippen molar-refractivity contribution in [2.45, 2.75) is 24.6 Å². The van der Waals surface area contributed by atoms with E-state index in [1.165, 1.54) is 0 Å². The summed E-state index contributed by atoms with van der Waals surface area (Å²) in [6.07, 6.45) is 3.48.